The van der Waals surface area contributed by atoms with Crippen molar-refractivity contribution in [3.63, 3.8) is 0 Å². The quantitative estimate of drug-likeness (QED) is 0.885. The molecule has 1 heterocycles. The van der Waals surface area contributed by atoms with Gasteiger partial charge in [0, 0.05) is 17.0 Å². The molecule has 0 amide bonds. The molecule has 1 aromatic carbocycles. The molecule has 0 bridgehead atoms. The summed E-state index contributed by atoms with van der Waals surface area (Å²) in [4.78, 5) is 0. The highest BCUT2D eigenvalue weighted by Crippen LogP contribution is 2.33. The van der Waals surface area contributed by atoms with Crippen LogP contribution in [0, 0.1) is 13.8 Å². The zero-order chi connectivity index (χ0) is 15.4. The van der Waals surface area contributed by atoms with Crippen molar-refractivity contribution in [1.29, 1.82) is 0 Å². The van der Waals surface area contributed by atoms with Crippen molar-refractivity contribution in [2.45, 2.75) is 26.2 Å². The maximum atomic E-state index is 5.99. The third-order valence-electron chi connectivity index (χ3n) is 3.79. The smallest absolute Gasteiger partial charge is 0.137 e. The number of nitrogens with zero attached hydrogens (tertiary/aromatic N) is 1. The fraction of sp³-hybridized carbons (Fsp3) is 0.438. The molecule has 0 fully saturated rings. The Morgan fingerprint density at radius 3 is 2.52 bits per heavy atom. The molecule has 0 spiro atoms. The summed E-state index contributed by atoms with van der Waals surface area (Å²) in [6.45, 7) is 4.38. The van der Waals surface area contributed by atoms with E-state index in [2.05, 4.69) is 5.16 Å². The largest absolute Gasteiger partial charge is 0.497 e. The number of hydrogen-bond acceptors (Lipinski definition) is 5. The van der Waals surface area contributed by atoms with Gasteiger partial charge in [-0.25, -0.2) is 0 Å². The SMILES string of the molecule is COc1ccc(OC)c(C(CN)Cc2c(C)noc2C)c1. The first kappa shape index (κ1) is 15.4. The summed E-state index contributed by atoms with van der Waals surface area (Å²) in [6, 6.07) is 5.77. The average molecular weight is 290 g/mol. The molecule has 21 heavy (non-hydrogen) atoms. The number of nitrogens with two attached hydrogens (primary N) is 1. The summed E-state index contributed by atoms with van der Waals surface area (Å²) < 4.78 is 16.0. The highest BCUT2D eigenvalue weighted by atomic mass is 16.5. The Morgan fingerprint density at radius 2 is 2.00 bits per heavy atom. The molecule has 2 rings (SSSR count). The molecule has 0 radical (unpaired) electrons. The first-order valence-corrected chi connectivity index (χ1v) is 6.94. The third kappa shape index (κ3) is 3.19. The first-order valence-electron chi connectivity index (χ1n) is 6.94. The minimum absolute atomic E-state index is 0.117. The van der Waals surface area contributed by atoms with Gasteiger partial charge in [0.1, 0.15) is 17.3 Å². The number of aromatic nitrogens is 1. The van der Waals surface area contributed by atoms with Gasteiger partial charge >= 0.3 is 0 Å². The highest BCUT2D eigenvalue weighted by molar-refractivity contribution is 5.43. The minimum atomic E-state index is 0.117. The van der Waals surface area contributed by atoms with Crippen LogP contribution < -0.4 is 15.2 Å². The van der Waals surface area contributed by atoms with Crippen LogP contribution in [0.25, 0.3) is 0 Å². The summed E-state index contributed by atoms with van der Waals surface area (Å²) >= 11 is 0. The molecular weight excluding hydrogens is 268 g/mol. The van der Waals surface area contributed by atoms with E-state index in [1.54, 1.807) is 14.2 Å². The van der Waals surface area contributed by atoms with Gasteiger partial charge in [-0.05, 0) is 45.0 Å². The van der Waals surface area contributed by atoms with E-state index in [1.165, 1.54) is 0 Å². The van der Waals surface area contributed by atoms with Gasteiger partial charge in [0.15, 0.2) is 0 Å². The fourth-order valence-corrected chi connectivity index (χ4v) is 2.52. The van der Waals surface area contributed by atoms with Crippen LogP contribution in [-0.4, -0.2) is 25.9 Å². The van der Waals surface area contributed by atoms with Crippen LogP contribution in [0.15, 0.2) is 22.7 Å². The molecule has 2 aromatic rings. The van der Waals surface area contributed by atoms with Crippen molar-refractivity contribution >= 4 is 0 Å². The van der Waals surface area contributed by atoms with Crippen molar-refractivity contribution in [3.8, 4) is 11.5 Å². The van der Waals surface area contributed by atoms with Gasteiger partial charge in [-0.15, -0.1) is 0 Å². The molecule has 5 heteroatoms. The zero-order valence-electron chi connectivity index (χ0n) is 13.0. The summed E-state index contributed by atoms with van der Waals surface area (Å²) in [5.74, 6) is 2.57. The fourth-order valence-electron chi connectivity index (χ4n) is 2.52. The first-order chi connectivity index (χ1) is 10.1. The molecular formula is C16H22N2O3. The van der Waals surface area contributed by atoms with Gasteiger partial charge in [0.25, 0.3) is 0 Å². The van der Waals surface area contributed by atoms with E-state index in [0.717, 1.165) is 40.5 Å². The molecule has 0 saturated heterocycles. The Labute approximate surface area is 125 Å². The molecule has 114 valence electrons. The Kier molecular flexibility index (Phi) is 4.85. The summed E-state index contributed by atoms with van der Waals surface area (Å²) in [6.07, 6.45) is 0.765. The summed E-state index contributed by atoms with van der Waals surface area (Å²) in [5.41, 5.74) is 9.05. The molecule has 1 atom stereocenters. The van der Waals surface area contributed by atoms with E-state index in [-0.39, 0.29) is 5.92 Å². The van der Waals surface area contributed by atoms with Gasteiger partial charge in [0.2, 0.25) is 0 Å². The average Bonchev–Trinajstić information content (AvgIpc) is 2.83. The van der Waals surface area contributed by atoms with Crippen molar-refractivity contribution in [2.24, 2.45) is 5.73 Å². The topological polar surface area (TPSA) is 70.5 Å². The third-order valence-corrected chi connectivity index (χ3v) is 3.79. The maximum Gasteiger partial charge on any atom is 0.137 e. The van der Waals surface area contributed by atoms with Crippen LogP contribution in [0.1, 0.15) is 28.5 Å². The van der Waals surface area contributed by atoms with Crippen LogP contribution in [-0.2, 0) is 6.42 Å². The lowest BCUT2D eigenvalue weighted by molar-refractivity contribution is 0.390. The molecule has 0 aliphatic heterocycles. The van der Waals surface area contributed by atoms with E-state index >= 15 is 0 Å². The maximum absolute atomic E-state index is 5.99. The number of methoxy groups -OCH3 is 2. The lowest BCUT2D eigenvalue weighted by atomic mass is 9.90. The number of aryl methyl sites for hydroxylation is 2. The van der Waals surface area contributed by atoms with E-state index in [0.29, 0.717) is 6.54 Å². The Hall–Kier alpha value is -2.01. The minimum Gasteiger partial charge on any atom is -0.497 e. The zero-order valence-corrected chi connectivity index (χ0v) is 13.0. The molecule has 0 saturated carbocycles. The van der Waals surface area contributed by atoms with Crippen LogP contribution in [0.3, 0.4) is 0 Å². The lowest BCUT2D eigenvalue weighted by Crippen LogP contribution is -2.16. The van der Waals surface area contributed by atoms with Crippen LogP contribution >= 0.6 is 0 Å². The number of rotatable bonds is 6. The normalized spacial score (nSPS) is 12.2. The van der Waals surface area contributed by atoms with Crippen LogP contribution in [0.5, 0.6) is 11.5 Å². The Bertz CT molecular complexity index is 588. The molecule has 0 aliphatic rings. The van der Waals surface area contributed by atoms with Gasteiger partial charge < -0.3 is 19.7 Å². The summed E-state index contributed by atoms with van der Waals surface area (Å²) in [5, 5.41) is 4.00. The Morgan fingerprint density at radius 1 is 1.24 bits per heavy atom. The predicted octanol–water partition coefficient (Wildman–Crippen LogP) is 2.59. The second-order valence-electron chi connectivity index (χ2n) is 5.05. The van der Waals surface area contributed by atoms with E-state index < -0.39 is 0 Å². The van der Waals surface area contributed by atoms with Crippen molar-refractivity contribution in [3.05, 3.63) is 40.8 Å². The van der Waals surface area contributed by atoms with Crippen molar-refractivity contribution in [2.75, 3.05) is 20.8 Å². The molecule has 1 unspecified atom stereocenters. The van der Waals surface area contributed by atoms with Gasteiger partial charge in [-0.2, -0.15) is 0 Å². The molecule has 1 aromatic heterocycles. The molecule has 5 nitrogen and oxygen atoms in total. The number of ether oxygens (including phenoxy) is 2. The van der Waals surface area contributed by atoms with Crippen molar-refractivity contribution < 1.29 is 14.0 Å². The van der Waals surface area contributed by atoms with E-state index in [1.807, 2.05) is 32.0 Å². The molecule has 2 N–H and O–H groups in total. The van der Waals surface area contributed by atoms with E-state index in [9.17, 15) is 0 Å². The van der Waals surface area contributed by atoms with Crippen LogP contribution in [0.2, 0.25) is 0 Å². The summed E-state index contributed by atoms with van der Waals surface area (Å²) in [7, 11) is 3.31. The number of benzene rings is 1. The second-order valence-corrected chi connectivity index (χ2v) is 5.05. The monoisotopic (exact) mass is 290 g/mol. The molecule has 0 aliphatic carbocycles. The second kappa shape index (κ2) is 6.63. The van der Waals surface area contributed by atoms with Gasteiger partial charge in [-0.1, -0.05) is 5.16 Å². The highest BCUT2D eigenvalue weighted by Gasteiger charge is 2.20. The lowest BCUT2D eigenvalue weighted by Gasteiger charge is -2.19. The predicted molar refractivity (Wildman–Crippen MR) is 81.0 cm³/mol. The van der Waals surface area contributed by atoms with E-state index in [4.69, 9.17) is 19.7 Å². The van der Waals surface area contributed by atoms with Gasteiger partial charge in [0.05, 0.1) is 19.9 Å². The van der Waals surface area contributed by atoms with Crippen LogP contribution in [0.4, 0.5) is 0 Å². The Balaban J connectivity index is 2.37. The number of hydrogen-bond donors (Lipinski definition) is 1. The van der Waals surface area contributed by atoms with Crippen molar-refractivity contribution in [1.82, 2.24) is 5.16 Å². The van der Waals surface area contributed by atoms with Gasteiger partial charge in [-0.3, -0.25) is 0 Å². The standard InChI is InChI=1S/C16H22N2O3/c1-10-14(11(2)21-18-10)7-12(9-17)15-8-13(19-3)5-6-16(15)20-4/h5-6,8,12H,7,9,17H2,1-4H3.